The van der Waals surface area contributed by atoms with Gasteiger partial charge in [0.15, 0.2) is 6.10 Å². The number of rotatable bonds is 6. The predicted octanol–water partition coefficient (Wildman–Crippen LogP) is -0.104. The lowest BCUT2D eigenvalue weighted by Gasteiger charge is -2.18. The van der Waals surface area contributed by atoms with Crippen molar-refractivity contribution in [2.24, 2.45) is 0 Å². The summed E-state index contributed by atoms with van der Waals surface area (Å²) in [5.41, 5.74) is 0. The summed E-state index contributed by atoms with van der Waals surface area (Å²) in [6.07, 6.45) is 0.467. The van der Waals surface area contributed by atoms with Crippen LogP contribution in [0.4, 0.5) is 0 Å². The number of aliphatic carboxylic acids is 1. The molecule has 98 valence electrons. The van der Waals surface area contributed by atoms with Crippen molar-refractivity contribution in [1.29, 1.82) is 0 Å². The van der Waals surface area contributed by atoms with E-state index < -0.39 is 18.2 Å². The van der Waals surface area contributed by atoms with E-state index in [1.165, 1.54) is 0 Å². The average Bonchev–Trinajstić information content (AvgIpc) is 2.77. The van der Waals surface area contributed by atoms with E-state index in [1.807, 2.05) is 6.92 Å². The predicted molar refractivity (Wildman–Crippen MR) is 59.5 cm³/mol. The highest BCUT2D eigenvalue weighted by molar-refractivity contribution is 5.82. The Labute approximate surface area is 100.0 Å². The molecule has 3 atom stereocenters. The maximum atomic E-state index is 11.7. The van der Waals surface area contributed by atoms with Gasteiger partial charge in [-0.05, 0) is 25.7 Å². The fourth-order valence-electron chi connectivity index (χ4n) is 1.84. The van der Waals surface area contributed by atoms with Gasteiger partial charge < -0.3 is 20.3 Å². The van der Waals surface area contributed by atoms with Gasteiger partial charge in [-0.2, -0.15) is 0 Å². The zero-order valence-corrected chi connectivity index (χ0v) is 9.89. The first-order valence-electron chi connectivity index (χ1n) is 5.88. The summed E-state index contributed by atoms with van der Waals surface area (Å²) in [6, 6.07) is -0.0834. The zero-order valence-electron chi connectivity index (χ0n) is 9.89. The van der Waals surface area contributed by atoms with Crippen LogP contribution in [0.15, 0.2) is 0 Å². The fourth-order valence-corrected chi connectivity index (χ4v) is 1.84. The van der Waals surface area contributed by atoms with Crippen molar-refractivity contribution < 1.29 is 24.5 Å². The Bertz CT molecular complexity index is 281. The molecule has 17 heavy (non-hydrogen) atoms. The highest BCUT2D eigenvalue weighted by Gasteiger charge is 2.35. The number of aliphatic hydroxyl groups excluding tert-OH is 1. The van der Waals surface area contributed by atoms with Crippen molar-refractivity contribution in [3.63, 3.8) is 0 Å². The van der Waals surface area contributed by atoms with Crippen molar-refractivity contribution >= 4 is 11.9 Å². The number of carboxylic acids is 1. The first kappa shape index (κ1) is 13.9. The minimum atomic E-state index is -1.03. The molecule has 0 aromatic heterocycles. The summed E-state index contributed by atoms with van der Waals surface area (Å²) >= 11 is 0. The van der Waals surface area contributed by atoms with Gasteiger partial charge in [0.25, 0.3) is 0 Å². The summed E-state index contributed by atoms with van der Waals surface area (Å²) in [4.78, 5) is 22.4. The largest absolute Gasteiger partial charge is 0.479 e. The highest BCUT2D eigenvalue weighted by atomic mass is 16.5. The van der Waals surface area contributed by atoms with Crippen molar-refractivity contribution in [3.05, 3.63) is 0 Å². The number of hydrogen-bond donors (Lipinski definition) is 3. The molecule has 1 rings (SSSR count). The molecule has 0 spiro atoms. The number of hydrogen-bond acceptors (Lipinski definition) is 4. The standard InChI is InChI=1S/C11H19NO5/c1-2-7(5-6-13)12-10(14)8-3-4-9(17-8)11(15)16/h7-9,13H,2-6H2,1H3,(H,12,14)(H,15,16). The van der Waals surface area contributed by atoms with Crippen molar-refractivity contribution in [3.8, 4) is 0 Å². The Kier molecular flexibility index (Phi) is 5.37. The lowest BCUT2D eigenvalue weighted by molar-refractivity contribution is -0.151. The maximum absolute atomic E-state index is 11.7. The molecule has 6 heteroatoms. The number of amides is 1. The lowest BCUT2D eigenvalue weighted by atomic mass is 10.1. The molecule has 1 aliphatic heterocycles. The molecule has 3 unspecified atom stereocenters. The van der Waals surface area contributed by atoms with Crippen LogP contribution in [0, 0.1) is 0 Å². The summed E-state index contributed by atoms with van der Waals surface area (Å²) in [7, 11) is 0. The Morgan fingerprint density at radius 1 is 1.41 bits per heavy atom. The van der Waals surface area contributed by atoms with Crippen LogP contribution < -0.4 is 5.32 Å². The molecule has 1 saturated heterocycles. The zero-order chi connectivity index (χ0) is 12.8. The van der Waals surface area contributed by atoms with E-state index in [2.05, 4.69) is 5.32 Å². The second-order valence-corrected chi connectivity index (χ2v) is 4.15. The van der Waals surface area contributed by atoms with Crippen LogP contribution in [-0.4, -0.2) is 46.9 Å². The Morgan fingerprint density at radius 3 is 2.53 bits per heavy atom. The lowest BCUT2D eigenvalue weighted by Crippen LogP contribution is -2.42. The molecule has 0 aromatic rings. The molecule has 0 aliphatic carbocycles. The van der Waals surface area contributed by atoms with Gasteiger partial charge in [0, 0.05) is 12.6 Å². The third-order valence-corrected chi connectivity index (χ3v) is 2.90. The van der Waals surface area contributed by atoms with Crippen LogP contribution in [-0.2, 0) is 14.3 Å². The molecule has 0 saturated carbocycles. The Balaban J connectivity index is 2.41. The monoisotopic (exact) mass is 245 g/mol. The number of carbonyl (C=O) groups excluding carboxylic acids is 1. The maximum Gasteiger partial charge on any atom is 0.332 e. The van der Waals surface area contributed by atoms with Crippen LogP contribution in [0.25, 0.3) is 0 Å². The molecule has 3 N–H and O–H groups in total. The summed E-state index contributed by atoms with van der Waals surface area (Å²) in [5.74, 6) is -1.31. The third-order valence-electron chi connectivity index (χ3n) is 2.90. The molecule has 0 aromatic carbocycles. The van der Waals surface area contributed by atoms with Crippen molar-refractivity contribution in [2.45, 2.75) is 50.9 Å². The van der Waals surface area contributed by atoms with E-state index in [4.69, 9.17) is 14.9 Å². The van der Waals surface area contributed by atoms with Gasteiger partial charge in [0.1, 0.15) is 6.10 Å². The van der Waals surface area contributed by atoms with Gasteiger partial charge in [-0.3, -0.25) is 4.79 Å². The molecule has 0 radical (unpaired) electrons. The van der Waals surface area contributed by atoms with Crippen LogP contribution in [0.5, 0.6) is 0 Å². The first-order chi connectivity index (χ1) is 8.08. The SMILES string of the molecule is CCC(CCO)NC(=O)C1CCC(C(=O)O)O1. The van der Waals surface area contributed by atoms with Gasteiger partial charge in [0.2, 0.25) is 5.91 Å². The van der Waals surface area contributed by atoms with Gasteiger partial charge >= 0.3 is 5.97 Å². The second kappa shape index (κ2) is 6.56. The van der Waals surface area contributed by atoms with E-state index in [-0.39, 0.29) is 18.6 Å². The molecule has 1 heterocycles. The van der Waals surface area contributed by atoms with E-state index in [9.17, 15) is 9.59 Å². The van der Waals surface area contributed by atoms with E-state index in [0.717, 1.165) is 6.42 Å². The Hall–Kier alpha value is -1.14. The summed E-state index contributed by atoms with van der Waals surface area (Å²) in [5, 5.41) is 20.3. The van der Waals surface area contributed by atoms with Gasteiger partial charge in [-0.25, -0.2) is 4.79 Å². The van der Waals surface area contributed by atoms with Gasteiger partial charge in [0.05, 0.1) is 0 Å². The number of carbonyl (C=O) groups is 2. The molecule has 1 fully saturated rings. The average molecular weight is 245 g/mol. The van der Waals surface area contributed by atoms with Crippen molar-refractivity contribution in [1.82, 2.24) is 5.32 Å². The molecular formula is C11H19NO5. The number of nitrogens with one attached hydrogen (secondary N) is 1. The summed E-state index contributed by atoms with van der Waals surface area (Å²) in [6.45, 7) is 1.93. The van der Waals surface area contributed by atoms with E-state index in [1.54, 1.807) is 0 Å². The summed E-state index contributed by atoms with van der Waals surface area (Å²) < 4.78 is 5.13. The number of ether oxygens (including phenoxy) is 1. The normalized spacial score (nSPS) is 25.5. The van der Waals surface area contributed by atoms with E-state index >= 15 is 0 Å². The molecular weight excluding hydrogens is 226 g/mol. The van der Waals surface area contributed by atoms with Crippen LogP contribution in [0.1, 0.15) is 32.6 Å². The smallest absolute Gasteiger partial charge is 0.332 e. The van der Waals surface area contributed by atoms with Crippen molar-refractivity contribution in [2.75, 3.05) is 6.61 Å². The van der Waals surface area contributed by atoms with Gasteiger partial charge in [-0.1, -0.05) is 6.92 Å². The third kappa shape index (κ3) is 3.98. The van der Waals surface area contributed by atoms with E-state index in [0.29, 0.717) is 19.3 Å². The molecule has 6 nitrogen and oxygen atoms in total. The second-order valence-electron chi connectivity index (χ2n) is 4.15. The number of carboxylic acid groups (broad SMARTS) is 1. The molecule has 1 amide bonds. The fraction of sp³-hybridized carbons (Fsp3) is 0.818. The first-order valence-corrected chi connectivity index (χ1v) is 5.88. The number of aliphatic hydroxyl groups is 1. The van der Waals surface area contributed by atoms with Gasteiger partial charge in [-0.15, -0.1) is 0 Å². The van der Waals surface area contributed by atoms with Crippen LogP contribution >= 0.6 is 0 Å². The highest BCUT2D eigenvalue weighted by Crippen LogP contribution is 2.20. The minimum Gasteiger partial charge on any atom is -0.479 e. The minimum absolute atomic E-state index is 0.0159. The topological polar surface area (TPSA) is 95.9 Å². The molecule has 0 bridgehead atoms. The molecule has 1 aliphatic rings. The quantitative estimate of drug-likeness (QED) is 0.607. The van der Waals surface area contributed by atoms with Crippen LogP contribution in [0.3, 0.4) is 0 Å². The Morgan fingerprint density at radius 2 is 2.06 bits per heavy atom. The van der Waals surface area contributed by atoms with Crippen LogP contribution in [0.2, 0.25) is 0 Å².